The highest BCUT2D eigenvalue weighted by Crippen LogP contribution is 2.42. The lowest BCUT2D eigenvalue weighted by Gasteiger charge is -2.38. The molecule has 2 amide bonds. The summed E-state index contributed by atoms with van der Waals surface area (Å²) in [5, 5.41) is 5.00. The van der Waals surface area contributed by atoms with Gasteiger partial charge in [-0.2, -0.15) is 0 Å². The Labute approximate surface area is 209 Å². The summed E-state index contributed by atoms with van der Waals surface area (Å²) in [6.45, 7) is 2.90. The quantitative estimate of drug-likeness (QED) is 0.570. The lowest BCUT2D eigenvalue weighted by Crippen LogP contribution is -2.47. The van der Waals surface area contributed by atoms with Crippen molar-refractivity contribution in [3.8, 4) is 11.5 Å². The Hall–Kier alpha value is -3.36. The third-order valence-corrected chi connectivity index (χ3v) is 7.68. The topological polar surface area (TPSA) is 71.1 Å². The molecule has 0 radical (unpaired) electrons. The number of hydrogen-bond acceptors (Lipinski definition) is 6. The number of nitrogens with zero attached hydrogens (tertiary/aromatic N) is 2. The molecule has 2 aliphatic rings. The zero-order valence-electron chi connectivity index (χ0n) is 20.1. The normalized spacial score (nSPS) is 19.9. The maximum Gasteiger partial charge on any atom is 0.241 e. The molecule has 8 heteroatoms. The van der Waals surface area contributed by atoms with Gasteiger partial charge < -0.3 is 19.7 Å². The van der Waals surface area contributed by atoms with E-state index in [9.17, 15) is 9.59 Å². The number of rotatable bonds is 5. The molecular weight excluding hydrogens is 462 g/mol. The number of benzene rings is 2. The number of amides is 2. The molecule has 0 spiro atoms. The van der Waals surface area contributed by atoms with Crippen LogP contribution in [0, 0.1) is 0 Å². The van der Waals surface area contributed by atoms with E-state index in [0.717, 1.165) is 24.2 Å². The van der Waals surface area contributed by atoms with Gasteiger partial charge in [-0.3, -0.25) is 14.5 Å². The summed E-state index contributed by atoms with van der Waals surface area (Å²) >= 11 is 1.68. The first-order valence-corrected chi connectivity index (χ1v) is 12.6. The molecule has 3 heterocycles. The standard InChI is InChI=1S/C27H29N3O4S/c1-17-13-25(31)28-20-7-4-5-8-21(20)30(17)26(32)16-29-11-10-18-14-22(33-2)23(34-3)15-19(18)27(29)24-9-6-12-35-24/h4-9,12,14-15,17,27H,10-11,13,16H2,1-3H3,(H,28,31). The molecule has 2 unspecified atom stereocenters. The van der Waals surface area contributed by atoms with E-state index in [2.05, 4.69) is 27.7 Å². The third kappa shape index (κ3) is 4.39. The Kier molecular flexibility index (Phi) is 6.49. The van der Waals surface area contributed by atoms with Crippen molar-refractivity contribution in [1.29, 1.82) is 0 Å². The van der Waals surface area contributed by atoms with Crippen LogP contribution in [0.1, 0.15) is 35.4 Å². The first-order valence-electron chi connectivity index (χ1n) is 11.7. The Bertz CT molecular complexity index is 1240. The molecular formula is C27H29N3O4S. The van der Waals surface area contributed by atoms with E-state index in [0.29, 0.717) is 17.2 Å². The number of fused-ring (bicyclic) bond motifs is 2. The van der Waals surface area contributed by atoms with Gasteiger partial charge in [0.25, 0.3) is 0 Å². The van der Waals surface area contributed by atoms with Gasteiger partial charge in [-0.05, 0) is 60.2 Å². The Morgan fingerprint density at radius 2 is 1.89 bits per heavy atom. The number of anilines is 2. The molecule has 3 aromatic rings. The van der Waals surface area contributed by atoms with Crippen molar-refractivity contribution in [3.63, 3.8) is 0 Å². The predicted octanol–water partition coefficient (Wildman–Crippen LogP) is 4.48. The Morgan fingerprint density at radius 3 is 2.63 bits per heavy atom. The van der Waals surface area contributed by atoms with E-state index in [-0.39, 0.29) is 36.9 Å². The lowest BCUT2D eigenvalue weighted by atomic mass is 9.90. The Balaban J connectivity index is 1.50. The minimum atomic E-state index is -0.243. The summed E-state index contributed by atoms with van der Waals surface area (Å²) < 4.78 is 11.1. The highest BCUT2D eigenvalue weighted by molar-refractivity contribution is 7.10. The fourth-order valence-electron chi connectivity index (χ4n) is 5.17. The number of carbonyl (C=O) groups excluding carboxylic acids is 2. The number of nitrogens with one attached hydrogen (secondary N) is 1. The fourth-order valence-corrected chi connectivity index (χ4v) is 6.04. The minimum Gasteiger partial charge on any atom is -0.493 e. The summed E-state index contributed by atoms with van der Waals surface area (Å²) in [5.74, 6) is 1.30. The van der Waals surface area contributed by atoms with Gasteiger partial charge in [-0.1, -0.05) is 18.2 Å². The van der Waals surface area contributed by atoms with Crippen molar-refractivity contribution in [2.45, 2.75) is 31.8 Å². The van der Waals surface area contributed by atoms with Gasteiger partial charge in [0.15, 0.2) is 11.5 Å². The predicted molar refractivity (Wildman–Crippen MR) is 138 cm³/mol. The van der Waals surface area contributed by atoms with Crippen molar-refractivity contribution in [2.75, 3.05) is 37.5 Å². The van der Waals surface area contributed by atoms with Gasteiger partial charge in [0, 0.05) is 23.9 Å². The van der Waals surface area contributed by atoms with Gasteiger partial charge in [0.2, 0.25) is 11.8 Å². The van der Waals surface area contributed by atoms with Crippen LogP contribution < -0.4 is 19.7 Å². The molecule has 0 saturated heterocycles. The first kappa shape index (κ1) is 23.4. The number of methoxy groups -OCH3 is 2. The van der Waals surface area contributed by atoms with E-state index in [4.69, 9.17) is 9.47 Å². The van der Waals surface area contributed by atoms with Gasteiger partial charge in [0.05, 0.1) is 38.2 Å². The zero-order valence-corrected chi connectivity index (χ0v) is 20.9. The minimum absolute atomic E-state index is 0.0214. The molecule has 0 fully saturated rings. The fraction of sp³-hybridized carbons (Fsp3) is 0.333. The molecule has 2 aliphatic heterocycles. The zero-order chi connectivity index (χ0) is 24.5. The number of carbonyl (C=O) groups is 2. The SMILES string of the molecule is COc1cc2c(cc1OC)C(c1cccs1)N(CC(=O)N1c3ccccc3NC(=O)CC1C)CC2. The van der Waals surface area contributed by atoms with Gasteiger partial charge >= 0.3 is 0 Å². The van der Waals surface area contributed by atoms with Gasteiger partial charge in [-0.15, -0.1) is 11.3 Å². The second-order valence-electron chi connectivity index (χ2n) is 8.93. The molecule has 0 bridgehead atoms. The summed E-state index contributed by atoms with van der Waals surface area (Å²) in [7, 11) is 3.29. The molecule has 1 aromatic heterocycles. The smallest absolute Gasteiger partial charge is 0.241 e. The average molecular weight is 492 g/mol. The summed E-state index contributed by atoms with van der Waals surface area (Å²) in [6.07, 6.45) is 1.06. The van der Waals surface area contributed by atoms with Crippen molar-refractivity contribution in [2.24, 2.45) is 0 Å². The van der Waals surface area contributed by atoms with Crippen LogP contribution in [0.3, 0.4) is 0 Å². The van der Waals surface area contributed by atoms with E-state index in [1.807, 2.05) is 43.3 Å². The van der Waals surface area contributed by atoms with Crippen LogP contribution in [0.5, 0.6) is 11.5 Å². The second-order valence-corrected chi connectivity index (χ2v) is 9.91. The van der Waals surface area contributed by atoms with Crippen molar-refractivity contribution in [1.82, 2.24) is 4.90 Å². The molecule has 1 N–H and O–H groups in total. The van der Waals surface area contributed by atoms with Crippen molar-refractivity contribution in [3.05, 3.63) is 69.9 Å². The number of para-hydroxylation sites is 2. The van der Waals surface area contributed by atoms with Crippen LogP contribution in [-0.4, -0.2) is 50.1 Å². The van der Waals surface area contributed by atoms with E-state index in [1.54, 1.807) is 30.5 Å². The van der Waals surface area contributed by atoms with E-state index in [1.165, 1.54) is 10.4 Å². The van der Waals surface area contributed by atoms with Crippen molar-refractivity contribution < 1.29 is 19.1 Å². The van der Waals surface area contributed by atoms with E-state index < -0.39 is 0 Å². The molecule has 0 aliphatic carbocycles. The maximum absolute atomic E-state index is 13.9. The Morgan fingerprint density at radius 1 is 1.11 bits per heavy atom. The first-order chi connectivity index (χ1) is 17.0. The number of ether oxygens (including phenoxy) is 2. The summed E-state index contributed by atoms with van der Waals surface area (Å²) in [6, 6.07) is 15.4. The summed E-state index contributed by atoms with van der Waals surface area (Å²) in [4.78, 5) is 31.4. The van der Waals surface area contributed by atoms with E-state index >= 15 is 0 Å². The molecule has 2 aromatic carbocycles. The van der Waals surface area contributed by atoms with Gasteiger partial charge in [0.1, 0.15) is 0 Å². The largest absolute Gasteiger partial charge is 0.493 e. The maximum atomic E-state index is 13.9. The highest BCUT2D eigenvalue weighted by Gasteiger charge is 2.35. The molecule has 5 rings (SSSR count). The van der Waals surface area contributed by atoms with Crippen LogP contribution in [-0.2, 0) is 16.0 Å². The van der Waals surface area contributed by atoms with Crippen LogP contribution in [0.4, 0.5) is 11.4 Å². The van der Waals surface area contributed by atoms with Crippen molar-refractivity contribution >= 4 is 34.5 Å². The molecule has 182 valence electrons. The molecule has 7 nitrogen and oxygen atoms in total. The molecule has 35 heavy (non-hydrogen) atoms. The second kappa shape index (κ2) is 9.71. The van der Waals surface area contributed by atoms with Crippen LogP contribution in [0.15, 0.2) is 53.9 Å². The van der Waals surface area contributed by atoms with Crippen LogP contribution >= 0.6 is 11.3 Å². The highest BCUT2D eigenvalue weighted by atomic mass is 32.1. The molecule has 2 atom stereocenters. The number of hydrogen-bond donors (Lipinski definition) is 1. The summed E-state index contributed by atoms with van der Waals surface area (Å²) in [5.41, 5.74) is 3.75. The average Bonchev–Trinajstić information content (AvgIpc) is 3.34. The molecule has 0 saturated carbocycles. The third-order valence-electron chi connectivity index (χ3n) is 6.75. The number of thiophene rings is 1. The van der Waals surface area contributed by atoms with Gasteiger partial charge in [-0.25, -0.2) is 0 Å². The van der Waals surface area contributed by atoms with Crippen LogP contribution in [0.2, 0.25) is 0 Å². The monoisotopic (exact) mass is 491 g/mol. The lowest BCUT2D eigenvalue weighted by molar-refractivity contribution is -0.120. The van der Waals surface area contributed by atoms with Crippen LogP contribution in [0.25, 0.3) is 0 Å².